The monoisotopic (exact) mass is 376 g/mol. The first-order valence-electron chi connectivity index (χ1n) is 8.92. The molecule has 5 N–H and O–H groups in total. The van der Waals surface area contributed by atoms with E-state index in [1.165, 1.54) is 0 Å². The van der Waals surface area contributed by atoms with Gasteiger partial charge in [0.15, 0.2) is 0 Å². The van der Waals surface area contributed by atoms with Gasteiger partial charge in [-0.1, -0.05) is 44.2 Å². The van der Waals surface area contributed by atoms with E-state index >= 15 is 0 Å². The molecule has 0 saturated heterocycles. The summed E-state index contributed by atoms with van der Waals surface area (Å²) in [5, 5.41) is 7.73. The summed E-state index contributed by atoms with van der Waals surface area (Å²) in [6, 6.07) is 7.55. The molecule has 0 aromatic heterocycles. The number of carbonyl (C=O) groups is 4. The smallest absolute Gasteiger partial charge is 0.243 e. The Morgan fingerprint density at radius 1 is 1.04 bits per heavy atom. The fraction of sp³-hybridized carbons (Fsp3) is 0.474. The summed E-state index contributed by atoms with van der Waals surface area (Å²) in [5.74, 6) is -1.24. The van der Waals surface area contributed by atoms with Crippen LogP contribution in [0.25, 0.3) is 0 Å². The van der Waals surface area contributed by atoms with Gasteiger partial charge in [0.05, 0.1) is 13.1 Å². The Bertz CT molecular complexity index is 634. The molecule has 2 unspecified atom stereocenters. The Balaban J connectivity index is 2.90. The Morgan fingerprint density at radius 2 is 1.70 bits per heavy atom. The standard InChI is InChI=1S/C19H28N4O4/c1-13(2)10-15(18(26)21-8-9-24)23-19(27)16(22-17(25)12-20)11-14-6-4-3-5-7-14/h3-7,9,13,15-16H,8,10-12,20H2,1-2H3,(H,21,26)(H,22,25)(H,23,27). The van der Waals surface area contributed by atoms with Crippen molar-refractivity contribution in [2.75, 3.05) is 13.1 Å². The predicted molar refractivity (Wildman–Crippen MR) is 102 cm³/mol. The van der Waals surface area contributed by atoms with Gasteiger partial charge in [-0.05, 0) is 17.9 Å². The normalized spacial score (nSPS) is 12.7. The molecule has 0 aliphatic rings. The summed E-state index contributed by atoms with van der Waals surface area (Å²) in [6.07, 6.45) is 1.24. The lowest BCUT2D eigenvalue weighted by Crippen LogP contribution is -2.55. The molecule has 0 aliphatic carbocycles. The predicted octanol–water partition coefficient (Wildman–Crippen LogP) is -0.481. The van der Waals surface area contributed by atoms with Crippen LogP contribution in [0.3, 0.4) is 0 Å². The summed E-state index contributed by atoms with van der Waals surface area (Å²) in [5.41, 5.74) is 6.21. The SMILES string of the molecule is CC(C)CC(NC(=O)C(Cc1ccccc1)NC(=O)CN)C(=O)NCC=O. The summed E-state index contributed by atoms with van der Waals surface area (Å²) in [7, 11) is 0. The molecule has 0 bridgehead atoms. The minimum absolute atomic E-state index is 0.124. The van der Waals surface area contributed by atoms with E-state index in [0.717, 1.165) is 5.56 Å². The number of aldehydes is 1. The van der Waals surface area contributed by atoms with E-state index in [0.29, 0.717) is 12.7 Å². The molecule has 0 aliphatic heterocycles. The third kappa shape index (κ3) is 8.46. The summed E-state index contributed by atoms with van der Waals surface area (Å²) in [4.78, 5) is 47.2. The summed E-state index contributed by atoms with van der Waals surface area (Å²) >= 11 is 0. The minimum atomic E-state index is -0.864. The van der Waals surface area contributed by atoms with Gasteiger partial charge in [0, 0.05) is 6.42 Å². The molecule has 8 heteroatoms. The molecule has 0 spiro atoms. The summed E-state index contributed by atoms with van der Waals surface area (Å²) in [6.45, 7) is 3.47. The molecular weight excluding hydrogens is 348 g/mol. The van der Waals surface area contributed by atoms with E-state index in [-0.39, 0.29) is 25.4 Å². The van der Waals surface area contributed by atoms with Crippen LogP contribution >= 0.6 is 0 Å². The highest BCUT2D eigenvalue weighted by Crippen LogP contribution is 2.08. The van der Waals surface area contributed by atoms with Crippen molar-refractivity contribution < 1.29 is 19.2 Å². The van der Waals surface area contributed by atoms with Gasteiger partial charge in [0.25, 0.3) is 0 Å². The van der Waals surface area contributed by atoms with Crippen molar-refractivity contribution in [2.45, 2.75) is 38.8 Å². The second-order valence-corrected chi connectivity index (χ2v) is 6.62. The maximum atomic E-state index is 12.8. The van der Waals surface area contributed by atoms with Crippen LogP contribution in [-0.4, -0.2) is 49.2 Å². The largest absolute Gasteiger partial charge is 0.348 e. The molecule has 8 nitrogen and oxygen atoms in total. The Labute approximate surface area is 159 Å². The Morgan fingerprint density at radius 3 is 2.26 bits per heavy atom. The van der Waals surface area contributed by atoms with Crippen LogP contribution in [0, 0.1) is 5.92 Å². The van der Waals surface area contributed by atoms with Gasteiger partial charge in [-0.25, -0.2) is 0 Å². The van der Waals surface area contributed by atoms with Crippen LogP contribution in [0.2, 0.25) is 0 Å². The highest BCUT2D eigenvalue weighted by molar-refractivity contribution is 5.92. The summed E-state index contributed by atoms with van der Waals surface area (Å²) < 4.78 is 0. The molecule has 27 heavy (non-hydrogen) atoms. The minimum Gasteiger partial charge on any atom is -0.348 e. The van der Waals surface area contributed by atoms with E-state index in [4.69, 9.17) is 5.73 Å². The van der Waals surface area contributed by atoms with E-state index in [1.807, 2.05) is 44.2 Å². The zero-order valence-corrected chi connectivity index (χ0v) is 15.7. The van der Waals surface area contributed by atoms with Crippen LogP contribution in [0.4, 0.5) is 0 Å². The van der Waals surface area contributed by atoms with Crippen molar-refractivity contribution in [1.82, 2.24) is 16.0 Å². The molecule has 1 rings (SSSR count). The number of hydrogen-bond acceptors (Lipinski definition) is 5. The van der Waals surface area contributed by atoms with Gasteiger partial charge in [-0.15, -0.1) is 0 Å². The van der Waals surface area contributed by atoms with Gasteiger partial charge in [0.1, 0.15) is 18.4 Å². The highest BCUT2D eigenvalue weighted by Gasteiger charge is 2.27. The van der Waals surface area contributed by atoms with E-state index in [1.54, 1.807) is 0 Å². The number of benzene rings is 1. The van der Waals surface area contributed by atoms with Gasteiger partial charge in [0.2, 0.25) is 17.7 Å². The quantitative estimate of drug-likeness (QED) is 0.388. The van der Waals surface area contributed by atoms with Crippen molar-refractivity contribution in [2.24, 2.45) is 11.7 Å². The Kier molecular flexibility index (Phi) is 9.74. The van der Waals surface area contributed by atoms with Gasteiger partial charge >= 0.3 is 0 Å². The lowest BCUT2D eigenvalue weighted by atomic mass is 10.0. The first-order chi connectivity index (χ1) is 12.9. The maximum Gasteiger partial charge on any atom is 0.243 e. The molecule has 0 heterocycles. The van der Waals surface area contributed by atoms with Crippen LogP contribution in [0.5, 0.6) is 0 Å². The van der Waals surface area contributed by atoms with Gasteiger partial charge < -0.3 is 26.5 Å². The zero-order valence-electron chi connectivity index (χ0n) is 15.7. The average Bonchev–Trinajstić information content (AvgIpc) is 2.65. The number of carbonyl (C=O) groups excluding carboxylic acids is 4. The maximum absolute atomic E-state index is 12.8. The second kappa shape index (κ2) is 11.8. The molecule has 148 valence electrons. The van der Waals surface area contributed by atoms with E-state index < -0.39 is 29.8 Å². The first-order valence-corrected chi connectivity index (χ1v) is 8.92. The number of amides is 3. The topological polar surface area (TPSA) is 130 Å². The van der Waals surface area contributed by atoms with Crippen molar-refractivity contribution in [3.05, 3.63) is 35.9 Å². The number of rotatable bonds is 11. The lowest BCUT2D eigenvalue weighted by Gasteiger charge is -2.24. The molecule has 1 aromatic rings. The average molecular weight is 376 g/mol. The fourth-order valence-corrected chi connectivity index (χ4v) is 2.55. The number of nitrogens with two attached hydrogens (primary N) is 1. The zero-order chi connectivity index (χ0) is 20.2. The second-order valence-electron chi connectivity index (χ2n) is 6.62. The first kappa shape index (κ1) is 22.3. The van der Waals surface area contributed by atoms with Crippen LogP contribution in [-0.2, 0) is 25.6 Å². The highest BCUT2D eigenvalue weighted by atomic mass is 16.2. The fourth-order valence-electron chi connectivity index (χ4n) is 2.55. The van der Waals surface area contributed by atoms with Crippen molar-refractivity contribution in [1.29, 1.82) is 0 Å². The van der Waals surface area contributed by atoms with E-state index in [9.17, 15) is 19.2 Å². The van der Waals surface area contributed by atoms with Crippen molar-refractivity contribution >= 4 is 24.0 Å². The molecule has 0 radical (unpaired) electrons. The number of nitrogens with one attached hydrogen (secondary N) is 3. The van der Waals surface area contributed by atoms with Crippen LogP contribution in [0.1, 0.15) is 25.8 Å². The molecule has 1 aromatic carbocycles. The third-order valence-electron chi connectivity index (χ3n) is 3.82. The molecule has 3 amide bonds. The van der Waals surface area contributed by atoms with Crippen molar-refractivity contribution in [3.8, 4) is 0 Å². The van der Waals surface area contributed by atoms with E-state index in [2.05, 4.69) is 16.0 Å². The molecule has 0 fully saturated rings. The van der Waals surface area contributed by atoms with Gasteiger partial charge in [-0.3, -0.25) is 14.4 Å². The molecular formula is C19H28N4O4. The molecule has 2 atom stereocenters. The third-order valence-corrected chi connectivity index (χ3v) is 3.82. The van der Waals surface area contributed by atoms with Gasteiger partial charge in [-0.2, -0.15) is 0 Å². The van der Waals surface area contributed by atoms with Crippen LogP contribution < -0.4 is 21.7 Å². The van der Waals surface area contributed by atoms with Crippen molar-refractivity contribution in [3.63, 3.8) is 0 Å². The Hall–Kier alpha value is -2.74. The van der Waals surface area contributed by atoms with Crippen LogP contribution in [0.15, 0.2) is 30.3 Å². The molecule has 0 saturated carbocycles. The lowest BCUT2D eigenvalue weighted by molar-refractivity contribution is -0.132. The number of hydrogen-bond donors (Lipinski definition) is 4.